The number of nitrogens with zero attached hydrogens (tertiary/aromatic N) is 1. The summed E-state index contributed by atoms with van der Waals surface area (Å²) in [6.07, 6.45) is -0.487. The Morgan fingerprint density at radius 3 is 3.42 bits per heavy atom. The molecule has 0 amide bonds. The fraction of sp³-hybridized carbons (Fsp3) is 0. The van der Waals surface area contributed by atoms with E-state index in [2.05, 4.69) is 0 Å². The third-order valence-corrected chi connectivity index (χ3v) is 1.83. The van der Waals surface area contributed by atoms with E-state index in [4.69, 9.17) is 18.5 Å². The van der Waals surface area contributed by atoms with Gasteiger partial charge in [-0.25, -0.2) is 0 Å². The van der Waals surface area contributed by atoms with Crippen LogP contribution in [0.2, 0.25) is 5.02 Å². The first-order valence-electron chi connectivity index (χ1n) is 5.85. The molecule has 1 heterocycles. The van der Waals surface area contributed by atoms with Crippen molar-refractivity contribution in [2.24, 2.45) is 0 Å². The highest BCUT2D eigenvalue weighted by atomic mass is 35.5. The van der Waals surface area contributed by atoms with E-state index in [1.807, 2.05) is 0 Å². The largest absolute Gasteiger partial charge is 0.324 e. The van der Waals surface area contributed by atoms with Crippen LogP contribution in [0.1, 0.15) is 6.85 Å². The number of hydrogen-bond donors (Lipinski definition) is 0. The number of halogens is 1. The minimum atomic E-state index is -0.713. The van der Waals surface area contributed by atoms with Gasteiger partial charge in [0.15, 0.2) is 0 Å². The molecule has 2 rings (SSSR count). The van der Waals surface area contributed by atoms with Gasteiger partial charge in [-0.05, 0) is 18.2 Å². The summed E-state index contributed by atoms with van der Waals surface area (Å²) in [4.78, 5) is 0. The maximum absolute atomic E-state index is 7.81. The highest BCUT2D eigenvalue weighted by molar-refractivity contribution is 6.31. The van der Waals surface area contributed by atoms with E-state index in [0.29, 0.717) is 5.39 Å². The van der Waals surface area contributed by atoms with E-state index in [0.717, 1.165) is 4.57 Å². The van der Waals surface area contributed by atoms with Gasteiger partial charge in [0.1, 0.15) is 0 Å². The lowest BCUT2D eigenvalue weighted by Gasteiger charge is -1.96. The summed E-state index contributed by atoms with van der Waals surface area (Å²) < 4.78 is 38.4. The summed E-state index contributed by atoms with van der Waals surface area (Å²) in [5, 5.41) is 0.802. The van der Waals surface area contributed by atoms with Gasteiger partial charge in [-0.2, -0.15) is 0 Å². The van der Waals surface area contributed by atoms with E-state index in [9.17, 15) is 0 Å². The van der Waals surface area contributed by atoms with Gasteiger partial charge < -0.3 is 4.57 Å². The quantitative estimate of drug-likeness (QED) is 0.637. The van der Waals surface area contributed by atoms with Gasteiger partial charge in [0, 0.05) is 22.8 Å². The monoisotopic (exact) mass is 182 g/mol. The van der Waals surface area contributed by atoms with Crippen LogP contribution in [0.3, 0.4) is 0 Å². The van der Waals surface area contributed by atoms with Crippen molar-refractivity contribution in [2.75, 3.05) is 0 Å². The molecule has 0 aliphatic rings. The Morgan fingerprint density at radius 1 is 1.67 bits per heavy atom. The van der Waals surface area contributed by atoms with Crippen LogP contribution in [-0.4, -0.2) is 4.57 Å². The molecule has 0 aliphatic heterocycles. The molecule has 0 radical (unpaired) electrons. The predicted octanol–water partition coefficient (Wildman–Crippen LogP) is 3.40. The molecule has 0 aliphatic carbocycles. The molecular formula is C10H8ClN. The standard InChI is InChI=1S/C10H8ClN/c1-2-12-6-5-8-3-4-9(11)7-10(8)12/h2-7H,1H2/i1D2,2D,6D,7D. The Balaban J connectivity index is 2.93. The third-order valence-electron chi connectivity index (χ3n) is 1.61. The molecule has 0 saturated heterocycles. The molecule has 0 fully saturated rings. The van der Waals surface area contributed by atoms with Crippen molar-refractivity contribution in [3.05, 3.63) is 42.0 Å². The fourth-order valence-electron chi connectivity index (χ4n) is 1.06. The summed E-state index contributed by atoms with van der Waals surface area (Å²) in [6, 6.07) is 4.66. The summed E-state index contributed by atoms with van der Waals surface area (Å²) in [7, 11) is 0. The molecule has 1 aromatic carbocycles. The van der Waals surface area contributed by atoms with Gasteiger partial charge in [-0.1, -0.05) is 24.2 Å². The van der Waals surface area contributed by atoms with Crippen molar-refractivity contribution < 1.29 is 6.85 Å². The van der Waals surface area contributed by atoms with Crippen molar-refractivity contribution in [3.63, 3.8) is 0 Å². The maximum Gasteiger partial charge on any atom is 0.0822 e. The van der Waals surface area contributed by atoms with Crippen LogP contribution in [0.15, 0.2) is 36.9 Å². The number of hydrogen-bond acceptors (Lipinski definition) is 0. The smallest absolute Gasteiger partial charge is 0.0822 e. The summed E-state index contributed by atoms with van der Waals surface area (Å²) >= 11 is 5.82. The molecule has 0 spiro atoms. The summed E-state index contributed by atoms with van der Waals surface area (Å²) in [6.45, 7) is -0.713. The zero-order valence-electron chi connectivity index (χ0n) is 11.1. The SMILES string of the molecule is [2H]C([2H])=C([2H])n1c([2H])cc2ccc(Cl)c([2H])c21. The van der Waals surface area contributed by atoms with Crippen LogP contribution in [0.4, 0.5) is 0 Å². The molecule has 2 aromatic rings. The van der Waals surface area contributed by atoms with Crippen molar-refractivity contribution in [3.8, 4) is 0 Å². The van der Waals surface area contributed by atoms with Gasteiger partial charge in [-0.15, -0.1) is 0 Å². The van der Waals surface area contributed by atoms with E-state index in [1.165, 1.54) is 6.07 Å². The maximum atomic E-state index is 7.81. The zero-order chi connectivity index (χ0) is 12.7. The molecule has 0 atom stereocenters. The van der Waals surface area contributed by atoms with E-state index in [1.54, 1.807) is 12.1 Å². The molecule has 0 unspecified atom stereocenters. The topological polar surface area (TPSA) is 4.93 Å². The van der Waals surface area contributed by atoms with Crippen molar-refractivity contribution in [2.45, 2.75) is 0 Å². The van der Waals surface area contributed by atoms with Crippen LogP contribution in [0.25, 0.3) is 17.1 Å². The average molecular weight is 183 g/mol. The number of benzene rings is 1. The van der Waals surface area contributed by atoms with Gasteiger partial charge in [0.25, 0.3) is 0 Å². The minimum absolute atomic E-state index is 0.00586. The molecule has 2 heteroatoms. The minimum Gasteiger partial charge on any atom is -0.324 e. The third kappa shape index (κ3) is 1.03. The van der Waals surface area contributed by atoms with Gasteiger partial charge in [0.05, 0.1) is 12.4 Å². The first-order chi connectivity index (χ1) is 7.93. The Bertz CT molecular complexity index is 627. The Hall–Kier alpha value is -1.21. The molecule has 0 saturated carbocycles. The lowest BCUT2D eigenvalue weighted by molar-refractivity contribution is 1.23. The predicted molar refractivity (Wildman–Crippen MR) is 53.3 cm³/mol. The van der Waals surface area contributed by atoms with E-state index < -0.39 is 12.7 Å². The lowest BCUT2D eigenvalue weighted by Crippen LogP contribution is -1.80. The van der Waals surface area contributed by atoms with Crippen LogP contribution < -0.4 is 0 Å². The molecule has 0 bridgehead atoms. The van der Waals surface area contributed by atoms with Gasteiger partial charge in [-0.3, -0.25) is 0 Å². The highest BCUT2D eigenvalue weighted by Gasteiger charge is 1.97. The zero-order valence-corrected chi connectivity index (χ0v) is 6.81. The van der Waals surface area contributed by atoms with Gasteiger partial charge in [0.2, 0.25) is 0 Å². The molecular weight excluding hydrogens is 170 g/mol. The molecule has 0 N–H and O–H groups in total. The Labute approximate surface area is 82.9 Å². The molecule has 1 aromatic heterocycles. The molecule has 1 nitrogen and oxygen atoms in total. The second-order valence-electron chi connectivity index (χ2n) is 2.33. The van der Waals surface area contributed by atoms with Crippen molar-refractivity contribution in [1.29, 1.82) is 0 Å². The number of rotatable bonds is 1. The van der Waals surface area contributed by atoms with Crippen molar-refractivity contribution >= 4 is 28.7 Å². The van der Waals surface area contributed by atoms with Crippen LogP contribution in [-0.2, 0) is 0 Å². The average Bonchev–Trinajstić information content (AvgIpc) is 2.60. The van der Waals surface area contributed by atoms with E-state index in [-0.39, 0.29) is 22.8 Å². The number of aromatic nitrogens is 1. The van der Waals surface area contributed by atoms with Gasteiger partial charge >= 0.3 is 0 Å². The second kappa shape index (κ2) is 2.68. The first-order valence-corrected chi connectivity index (χ1v) is 3.73. The van der Waals surface area contributed by atoms with Crippen LogP contribution in [0, 0.1) is 0 Å². The Kier molecular flexibility index (Phi) is 0.820. The van der Waals surface area contributed by atoms with Crippen LogP contribution in [0.5, 0.6) is 0 Å². The highest BCUT2D eigenvalue weighted by Crippen LogP contribution is 2.20. The molecule has 12 heavy (non-hydrogen) atoms. The normalized spacial score (nSPS) is 15.9. The summed E-state index contributed by atoms with van der Waals surface area (Å²) in [5.41, 5.74) is 0.282. The lowest BCUT2D eigenvalue weighted by atomic mass is 10.2. The molecule has 60 valence electrons. The number of fused-ring (bicyclic) bond motifs is 1. The summed E-state index contributed by atoms with van der Waals surface area (Å²) in [5.74, 6) is 0. The second-order valence-corrected chi connectivity index (χ2v) is 2.74. The Morgan fingerprint density at radius 2 is 2.58 bits per heavy atom. The van der Waals surface area contributed by atoms with Crippen molar-refractivity contribution in [1.82, 2.24) is 4.57 Å². The first kappa shape index (κ1) is 3.67. The van der Waals surface area contributed by atoms with E-state index >= 15 is 0 Å². The van der Waals surface area contributed by atoms with Crippen LogP contribution >= 0.6 is 11.6 Å². The fourth-order valence-corrected chi connectivity index (χ4v) is 1.21.